The number of carbonyl (C=O) groups is 1. The standard InChI is InChI=1S/C12H12ClF3O2/c1-7(18-8(2)12(14,15)16)11(17)9-3-5-10(13)6-4-9/h3-8H,1-2H3. The molecule has 18 heavy (non-hydrogen) atoms. The van der Waals surface area contributed by atoms with E-state index in [1.807, 2.05) is 0 Å². The molecule has 0 aliphatic heterocycles. The predicted molar refractivity (Wildman–Crippen MR) is 61.8 cm³/mol. The molecular weight excluding hydrogens is 269 g/mol. The molecule has 0 saturated heterocycles. The smallest absolute Gasteiger partial charge is 0.358 e. The van der Waals surface area contributed by atoms with Crippen LogP contribution in [0.15, 0.2) is 24.3 Å². The summed E-state index contributed by atoms with van der Waals surface area (Å²) in [7, 11) is 0. The van der Waals surface area contributed by atoms with Crippen LogP contribution in [0.25, 0.3) is 0 Å². The van der Waals surface area contributed by atoms with Gasteiger partial charge in [-0.3, -0.25) is 4.79 Å². The Morgan fingerprint density at radius 1 is 1.22 bits per heavy atom. The molecule has 0 N–H and O–H groups in total. The first-order chi connectivity index (χ1) is 8.21. The first kappa shape index (κ1) is 15.0. The van der Waals surface area contributed by atoms with Crippen LogP contribution in [0.3, 0.4) is 0 Å². The summed E-state index contributed by atoms with van der Waals surface area (Å²) >= 11 is 5.65. The van der Waals surface area contributed by atoms with Gasteiger partial charge in [0.15, 0.2) is 11.9 Å². The van der Waals surface area contributed by atoms with E-state index in [1.54, 1.807) is 0 Å². The highest BCUT2D eigenvalue weighted by Gasteiger charge is 2.38. The Bertz CT molecular complexity index is 414. The normalized spacial score (nSPS) is 15.2. The van der Waals surface area contributed by atoms with Crippen LogP contribution in [0.2, 0.25) is 5.02 Å². The van der Waals surface area contributed by atoms with Gasteiger partial charge in [0.25, 0.3) is 0 Å². The maximum Gasteiger partial charge on any atom is 0.414 e. The zero-order valence-electron chi connectivity index (χ0n) is 9.79. The monoisotopic (exact) mass is 280 g/mol. The maximum absolute atomic E-state index is 12.3. The van der Waals surface area contributed by atoms with Crippen molar-refractivity contribution in [3.63, 3.8) is 0 Å². The Kier molecular flexibility index (Phi) is 4.76. The van der Waals surface area contributed by atoms with E-state index in [-0.39, 0.29) is 5.56 Å². The van der Waals surface area contributed by atoms with Gasteiger partial charge in [0, 0.05) is 10.6 Å². The van der Waals surface area contributed by atoms with Crippen molar-refractivity contribution >= 4 is 17.4 Å². The molecule has 6 heteroatoms. The lowest BCUT2D eigenvalue weighted by Gasteiger charge is -2.20. The van der Waals surface area contributed by atoms with Gasteiger partial charge in [-0.15, -0.1) is 0 Å². The van der Waals surface area contributed by atoms with Crippen molar-refractivity contribution in [1.29, 1.82) is 0 Å². The van der Waals surface area contributed by atoms with Crippen molar-refractivity contribution in [3.05, 3.63) is 34.9 Å². The van der Waals surface area contributed by atoms with Crippen molar-refractivity contribution in [2.45, 2.75) is 32.2 Å². The minimum absolute atomic E-state index is 0.265. The summed E-state index contributed by atoms with van der Waals surface area (Å²) in [6, 6.07) is 5.88. The molecule has 1 rings (SSSR count). The Morgan fingerprint density at radius 3 is 2.17 bits per heavy atom. The van der Waals surface area contributed by atoms with Gasteiger partial charge >= 0.3 is 6.18 Å². The number of hydrogen-bond acceptors (Lipinski definition) is 2. The Labute approximate surface area is 108 Å². The van der Waals surface area contributed by atoms with Crippen LogP contribution in [0.1, 0.15) is 24.2 Å². The van der Waals surface area contributed by atoms with Gasteiger partial charge in [-0.2, -0.15) is 13.2 Å². The van der Waals surface area contributed by atoms with Crippen molar-refractivity contribution in [3.8, 4) is 0 Å². The second-order valence-corrected chi connectivity index (χ2v) is 4.27. The number of ketones is 1. The zero-order valence-corrected chi connectivity index (χ0v) is 10.5. The third kappa shape index (κ3) is 3.99. The van der Waals surface area contributed by atoms with Gasteiger partial charge in [0.05, 0.1) is 0 Å². The zero-order chi connectivity index (χ0) is 13.9. The fraction of sp³-hybridized carbons (Fsp3) is 0.417. The molecule has 2 unspecified atom stereocenters. The molecule has 0 spiro atoms. The van der Waals surface area contributed by atoms with Gasteiger partial charge in [-0.25, -0.2) is 0 Å². The number of halogens is 4. The number of Topliss-reactive ketones (excluding diaryl/α,β-unsaturated/α-hetero) is 1. The molecule has 100 valence electrons. The van der Waals surface area contributed by atoms with E-state index in [2.05, 4.69) is 4.74 Å². The Balaban J connectivity index is 2.70. The molecule has 0 amide bonds. The van der Waals surface area contributed by atoms with Crippen LogP contribution in [-0.4, -0.2) is 24.2 Å². The number of hydrogen-bond donors (Lipinski definition) is 0. The van der Waals surface area contributed by atoms with E-state index in [9.17, 15) is 18.0 Å². The van der Waals surface area contributed by atoms with Crippen LogP contribution < -0.4 is 0 Å². The quantitative estimate of drug-likeness (QED) is 0.783. The molecule has 1 aromatic rings. The maximum atomic E-state index is 12.3. The van der Waals surface area contributed by atoms with Crippen LogP contribution in [-0.2, 0) is 4.74 Å². The largest absolute Gasteiger partial charge is 0.414 e. The number of ether oxygens (including phenoxy) is 1. The summed E-state index contributed by atoms with van der Waals surface area (Å²) < 4.78 is 41.5. The van der Waals surface area contributed by atoms with Gasteiger partial charge < -0.3 is 4.74 Å². The highest BCUT2D eigenvalue weighted by molar-refractivity contribution is 6.30. The van der Waals surface area contributed by atoms with Crippen molar-refractivity contribution in [2.75, 3.05) is 0 Å². The van der Waals surface area contributed by atoms with Crippen LogP contribution in [0.5, 0.6) is 0 Å². The number of alkyl halides is 3. The predicted octanol–water partition coefficient (Wildman–Crippen LogP) is 3.88. The summed E-state index contributed by atoms with van der Waals surface area (Å²) in [5.74, 6) is -0.511. The average molecular weight is 281 g/mol. The highest BCUT2D eigenvalue weighted by Crippen LogP contribution is 2.24. The van der Waals surface area contributed by atoms with Crippen molar-refractivity contribution in [1.82, 2.24) is 0 Å². The van der Waals surface area contributed by atoms with E-state index >= 15 is 0 Å². The second-order valence-electron chi connectivity index (χ2n) is 3.83. The van der Waals surface area contributed by atoms with Gasteiger partial charge in [-0.05, 0) is 38.1 Å². The fourth-order valence-electron chi connectivity index (χ4n) is 1.29. The lowest BCUT2D eigenvalue weighted by Crippen LogP contribution is -2.34. The van der Waals surface area contributed by atoms with E-state index in [0.717, 1.165) is 6.92 Å². The molecule has 2 nitrogen and oxygen atoms in total. The first-order valence-corrected chi connectivity index (χ1v) is 5.61. The molecule has 0 fully saturated rings. The third-order valence-corrected chi connectivity index (χ3v) is 2.62. The molecule has 0 radical (unpaired) electrons. The molecule has 2 atom stereocenters. The van der Waals surface area contributed by atoms with Crippen molar-refractivity contribution < 1.29 is 22.7 Å². The summed E-state index contributed by atoms with van der Waals surface area (Å²) in [6.45, 7) is 2.16. The lowest BCUT2D eigenvalue weighted by molar-refractivity contribution is -0.219. The average Bonchev–Trinajstić information content (AvgIpc) is 2.27. The van der Waals surface area contributed by atoms with Crippen LogP contribution >= 0.6 is 11.6 Å². The van der Waals surface area contributed by atoms with Crippen molar-refractivity contribution in [2.24, 2.45) is 0 Å². The molecule has 0 aliphatic carbocycles. The molecule has 1 aromatic carbocycles. The first-order valence-electron chi connectivity index (χ1n) is 5.23. The lowest BCUT2D eigenvalue weighted by atomic mass is 10.1. The van der Waals surface area contributed by atoms with E-state index in [4.69, 9.17) is 11.6 Å². The third-order valence-electron chi connectivity index (χ3n) is 2.37. The van der Waals surface area contributed by atoms with Crippen LogP contribution in [0, 0.1) is 0 Å². The summed E-state index contributed by atoms with van der Waals surface area (Å²) in [6.07, 6.45) is -7.62. The molecule has 0 aromatic heterocycles. The SMILES string of the molecule is CC(OC(C)C(F)(F)F)C(=O)c1ccc(Cl)cc1. The van der Waals surface area contributed by atoms with E-state index in [0.29, 0.717) is 5.02 Å². The molecule has 0 saturated carbocycles. The number of carbonyl (C=O) groups excluding carboxylic acids is 1. The second kappa shape index (κ2) is 5.71. The van der Waals surface area contributed by atoms with Gasteiger partial charge in [0.2, 0.25) is 0 Å². The molecule has 0 aliphatic rings. The van der Waals surface area contributed by atoms with Gasteiger partial charge in [-0.1, -0.05) is 11.6 Å². The fourth-order valence-corrected chi connectivity index (χ4v) is 1.42. The molecular formula is C12H12ClF3O2. The Morgan fingerprint density at radius 2 is 1.72 bits per heavy atom. The summed E-state index contributed by atoms with van der Waals surface area (Å²) in [4.78, 5) is 11.8. The van der Waals surface area contributed by atoms with E-state index in [1.165, 1.54) is 31.2 Å². The molecule has 0 bridgehead atoms. The minimum Gasteiger partial charge on any atom is -0.358 e. The minimum atomic E-state index is -4.48. The molecule has 0 heterocycles. The number of benzene rings is 1. The topological polar surface area (TPSA) is 26.3 Å². The van der Waals surface area contributed by atoms with E-state index < -0.39 is 24.2 Å². The highest BCUT2D eigenvalue weighted by atomic mass is 35.5. The summed E-state index contributed by atoms with van der Waals surface area (Å²) in [5, 5.41) is 0.448. The Hall–Kier alpha value is -1.07. The summed E-state index contributed by atoms with van der Waals surface area (Å²) in [5.41, 5.74) is 0.265. The van der Waals surface area contributed by atoms with Crippen LogP contribution in [0.4, 0.5) is 13.2 Å². The number of rotatable bonds is 4. The van der Waals surface area contributed by atoms with Gasteiger partial charge in [0.1, 0.15) is 6.10 Å².